The van der Waals surface area contributed by atoms with Crippen LogP contribution >= 0.6 is 34.8 Å². The first-order valence-electron chi connectivity index (χ1n) is 20.8. The number of likely N-dealkylation sites (N-methyl/N-ethyl adjacent to an activating group) is 1. The first-order valence-corrected chi connectivity index (χ1v) is 21.9. The molecule has 0 saturated carbocycles. The van der Waals surface area contributed by atoms with Gasteiger partial charge in [0.25, 0.3) is 5.91 Å². The number of carbonyl (C=O) groups excluding carboxylic acids is 3. The Bertz CT molecular complexity index is 2610. The summed E-state index contributed by atoms with van der Waals surface area (Å²) < 4.78 is 17.7. The van der Waals surface area contributed by atoms with Crippen LogP contribution in [0.4, 0.5) is 5.69 Å². The Morgan fingerprint density at radius 3 is 2.16 bits per heavy atom. The summed E-state index contributed by atoms with van der Waals surface area (Å²) in [6.07, 6.45) is 0.444. The molecular weight excluding hydrogens is 857 g/mol. The average Bonchev–Trinajstić information content (AvgIpc) is 3.30. The number of nitrogens with one attached hydrogen (secondary N) is 1. The van der Waals surface area contributed by atoms with E-state index >= 15 is 0 Å². The Hall–Kier alpha value is -5.84. The van der Waals surface area contributed by atoms with Crippen LogP contribution in [0.15, 0.2) is 133 Å². The molecule has 322 valence electrons. The largest absolute Gasteiger partial charge is 0.489 e. The number of benzene rings is 6. The number of hydrogen-bond acceptors (Lipinski definition) is 7. The zero-order valence-corrected chi connectivity index (χ0v) is 37.3. The lowest BCUT2D eigenvalue weighted by Gasteiger charge is -2.42. The van der Waals surface area contributed by atoms with E-state index in [1.54, 1.807) is 24.1 Å². The molecule has 2 amide bonds. The van der Waals surface area contributed by atoms with E-state index in [-0.39, 0.29) is 24.3 Å². The number of amides is 2. The number of ether oxygens (including phenoxy) is 3. The van der Waals surface area contributed by atoms with E-state index in [4.69, 9.17) is 49.0 Å². The molecule has 63 heavy (non-hydrogen) atoms. The topological polar surface area (TPSA) is 97.4 Å². The zero-order chi connectivity index (χ0) is 44.2. The van der Waals surface area contributed by atoms with Gasteiger partial charge in [0.05, 0.1) is 28.9 Å². The Labute approximate surface area is 382 Å². The van der Waals surface area contributed by atoms with Gasteiger partial charge in [-0.3, -0.25) is 14.5 Å². The number of methoxy groups -OCH3 is 1. The maximum absolute atomic E-state index is 14.6. The second-order valence-corrected chi connectivity index (χ2v) is 17.1. The molecule has 2 aliphatic heterocycles. The maximum Gasteiger partial charge on any atom is 0.328 e. The molecule has 2 aliphatic rings. The third-order valence-electron chi connectivity index (χ3n) is 11.8. The highest BCUT2D eigenvalue weighted by Gasteiger charge is 2.40. The van der Waals surface area contributed by atoms with E-state index in [9.17, 15) is 14.4 Å². The number of halogens is 3. The molecule has 1 unspecified atom stereocenters. The van der Waals surface area contributed by atoms with Crippen LogP contribution in [0.25, 0.3) is 11.1 Å². The molecule has 0 spiro atoms. The molecule has 0 fully saturated rings. The molecule has 0 aliphatic carbocycles. The molecule has 9 nitrogen and oxygen atoms in total. The minimum absolute atomic E-state index is 0.113. The standard InChI is InChI=1S/C51H46Cl3N3O6/c1-4-44(35-8-6-5-7-9-35)57-29-38-28-47-45(56(2)50(59)48(63-47)36-17-21-40(22-18-36)62-30-32-12-23-41(53)42(54)24-32)26-37(38)27-46(57)49(58)55-43(51(60)61-3)25-31-10-13-33(14-11-31)34-15-19-39(52)20-16-34/h5-24,26,28,43-44,46,48H,4,25,27,29-30H2,1-3H3,(H,55,58)/t43?,44-,46-,48+/m0/s1. The van der Waals surface area contributed by atoms with E-state index in [1.165, 1.54) is 7.11 Å². The number of fused-ring (bicyclic) bond motifs is 2. The number of hydrogen-bond donors (Lipinski definition) is 1. The van der Waals surface area contributed by atoms with Crippen molar-refractivity contribution in [1.82, 2.24) is 10.2 Å². The molecule has 0 saturated heterocycles. The Balaban J connectivity index is 1.03. The van der Waals surface area contributed by atoms with Gasteiger partial charge < -0.3 is 24.4 Å². The summed E-state index contributed by atoms with van der Waals surface area (Å²) in [6, 6.07) is 40.5. The second-order valence-electron chi connectivity index (χ2n) is 15.8. The van der Waals surface area contributed by atoms with Gasteiger partial charge in [0.1, 0.15) is 24.1 Å². The van der Waals surface area contributed by atoms with Crippen LogP contribution in [0, 0.1) is 0 Å². The van der Waals surface area contributed by atoms with Crippen molar-refractivity contribution >= 4 is 58.3 Å². The molecule has 6 aromatic carbocycles. The number of rotatable bonds is 13. The van der Waals surface area contributed by atoms with Gasteiger partial charge in [-0.15, -0.1) is 0 Å². The van der Waals surface area contributed by atoms with Crippen molar-refractivity contribution in [2.45, 2.75) is 63.6 Å². The van der Waals surface area contributed by atoms with Crippen LogP contribution in [0.5, 0.6) is 11.5 Å². The number of esters is 1. The van der Waals surface area contributed by atoms with Crippen LogP contribution in [0.3, 0.4) is 0 Å². The van der Waals surface area contributed by atoms with Crippen LogP contribution in [0.1, 0.15) is 58.9 Å². The molecule has 12 heteroatoms. The van der Waals surface area contributed by atoms with Gasteiger partial charge in [0, 0.05) is 36.6 Å². The third kappa shape index (κ3) is 9.72. The van der Waals surface area contributed by atoms with Crippen molar-refractivity contribution in [2.24, 2.45) is 0 Å². The molecule has 2 heterocycles. The fraction of sp³-hybridized carbons (Fsp3) is 0.235. The monoisotopic (exact) mass is 901 g/mol. The van der Waals surface area contributed by atoms with Crippen molar-refractivity contribution < 1.29 is 28.6 Å². The predicted octanol–water partition coefficient (Wildman–Crippen LogP) is 10.8. The molecule has 0 radical (unpaired) electrons. The summed E-state index contributed by atoms with van der Waals surface area (Å²) >= 11 is 18.3. The van der Waals surface area contributed by atoms with E-state index in [1.807, 2.05) is 109 Å². The van der Waals surface area contributed by atoms with E-state index in [0.717, 1.165) is 45.4 Å². The van der Waals surface area contributed by atoms with Gasteiger partial charge in [-0.25, -0.2) is 4.79 Å². The van der Waals surface area contributed by atoms with Crippen molar-refractivity contribution in [3.05, 3.63) is 182 Å². The van der Waals surface area contributed by atoms with Gasteiger partial charge in [-0.05, 0) is 100 Å². The van der Waals surface area contributed by atoms with Gasteiger partial charge in [0.2, 0.25) is 12.0 Å². The van der Waals surface area contributed by atoms with Crippen molar-refractivity contribution in [1.29, 1.82) is 0 Å². The normalized spacial score (nSPS) is 16.9. The lowest BCUT2D eigenvalue weighted by molar-refractivity contribution is -0.146. The van der Waals surface area contributed by atoms with Gasteiger partial charge in [0.15, 0.2) is 0 Å². The maximum atomic E-state index is 14.6. The lowest BCUT2D eigenvalue weighted by atomic mass is 9.88. The van der Waals surface area contributed by atoms with E-state index < -0.39 is 24.2 Å². The molecular formula is C51H46Cl3N3O6. The zero-order valence-electron chi connectivity index (χ0n) is 35.0. The number of anilines is 1. The minimum Gasteiger partial charge on any atom is -0.489 e. The first kappa shape index (κ1) is 43.8. The summed E-state index contributed by atoms with van der Waals surface area (Å²) in [5, 5.41) is 4.68. The quantitative estimate of drug-likeness (QED) is 0.115. The van der Waals surface area contributed by atoms with Crippen LogP contribution in [-0.4, -0.2) is 48.9 Å². The van der Waals surface area contributed by atoms with Crippen molar-refractivity contribution in [2.75, 3.05) is 19.1 Å². The van der Waals surface area contributed by atoms with Gasteiger partial charge in [-0.1, -0.05) is 127 Å². The van der Waals surface area contributed by atoms with Crippen molar-refractivity contribution in [3.8, 4) is 22.6 Å². The van der Waals surface area contributed by atoms with Crippen LogP contribution in [0.2, 0.25) is 15.1 Å². The Kier molecular flexibility index (Phi) is 13.4. The minimum atomic E-state index is -0.926. The third-order valence-corrected chi connectivity index (χ3v) is 12.8. The highest BCUT2D eigenvalue weighted by molar-refractivity contribution is 6.42. The van der Waals surface area contributed by atoms with Crippen LogP contribution in [-0.2, 0) is 45.1 Å². The van der Waals surface area contributed by atoms with Gasteiger partial charge in [-0.2, -0.15) is 0 Å². The van der Waals surface area contributed by atoms with Crippen LogP contribution < -0.4 is 19.7 Å². The Morgan fingerprint density at radius 1 is 0.810 bits per heavy atom. The summed E-state index contributed by atoms with van der Waals surface area (Å²) in [6.45, 7) is 2.84. The first-order chi connectivity index (χ1) is 30.5. The molecule has 8 rings (SSSR count). The summed E-state index contributed by atoms with van der Waals surface area (Å²) in [5.41, 5.74) is 8.06. The van der Waals surface area contributed by atoms with Gasteiger partial charge >= 0.3 is 5.97 Å². The highest BCUT2D eigenvalue weighted by Crippen LogP contribution is 2.43. The molecule has 1 N–H and O–H groups in total. The highest BCUT2D eigenvalue weighted by atomic mass is 35.5. The average molecular weight is 903 g/mol. The fourth-order valence-corrected chi connectivity index (χ4v) is 8.87. The van der Waals surface area contributed by atoms with E-state index in [2.05, 4.69) is 29.3 Å². The summed E-state index contributed by atoms with van der Waals surface area (Å²) in [5.74, 6) is 0.154. The molecule has 4 atom stereocenters. The molecule has 0 aromatic heterocycles. The predicted molar refractivity (Wildman–Crippen MR) is 248 cm³/mol. The van der Waals surface area contributed by atoms with E-state index in [0.29, 0.717) is 57.4 Å². The second kappa shape index (κ2) is 19.3. The summed E-state index contributed by atoms with van der Waals surface area (Å²) in [7, 11) is 3.07. The number of carbonyl (C=O) groups is 3. The fourth-order valence-electron chi connectivity index (χ4n) is 8.42. The van der Waals surface area contributed by atoms with Crippen molar-refractivity contribution in [3.63, 3.8) is 0 Å². The lowest BCUT2D eigenvalue weighted by Crippen LogP contribution is -2.55. The smallest absolute Gasteiger partial charge is 0.328 e. The Morgan fingerprint density at radius 2 is 1.49 bits per heavy atom. The SMILES string of the molecule is CC[C@@H](c1ccccc1)N1Cc2cc3c(cc2C[C@H]1C(=O)NC(Cc1ccc(-c2ccc(Cl)cc2)cc1)C(=O)OC)N(C)C(=O)[C@@H](c1ccc(OCc2ccc(Cl)c(Cl)c2)cc1)O3. The molecule has 6 aromatic rings. The number of nitrogens with zero attached hydrogens (tertiary/aromatic N) is 2. The summed E-state index contributed by atoms with van der Waals surface area (Å²) in [4.78, 5) is 45.7. The molecule has 0 bridgehead atoms.